The van der Waals surface area contributed by atoms with Crippen LogP contribution in [-0.2, 0) is 4.74 Å². The van der Waals surface area contributed by atoms with Crippen LogP contribution in [0.15, 0.2) is 12.1 Å². The molecule has 0 aliphatic carbocycles. The summed E-state index contributed by atoms with van der Waals surface area (Å²) in [5.41, 5.74) is 6.20. The number of carbonyl (C=O) groups is 1. The maximum atomic E-state index is 13.8. The summed E-state index contributed by atoms with van der Waals surface area (Å²) < 4.78 is 18.7. The van der Waals surface area contributed by atoms with Gasteiger partial charge in [-0.2, -0.15) is 11.8 Å². The minimum atomic E-state index is -0.537. The van der Waals surface area contributed by atoms with Gasteiger partial charge in [-0.15, -0.1) is 0 Å². The van der Waals surface area contributed by atoms with Gasteiger partial charge in [-0.05, 0) is 31.7 Å². The molecular formula is C14H21FN2O2S. The number of halogens is 1. The van der Waals surface area contributed by atoms with Gasteiger partial charge in [0.15, 0.2) is 0 Å². The molecular weight excluding hydrogens is 279 g/mol. The minimum absolute atomic E-state index is 0.0870. The van der Waals surface area contributed by atoms with E-state index in [0.29, 0.717) is 11.8 Å². The highest BCUT2D eigenvalue weighted by Gasteiger charge is 2.15. The summed E-state index contributed by atoms with van der Waals surface area (Å²) in [6.45, 7) is 4.70. The van der Waals surface area contributed by atoms with Crippen molar-refractivity contribution in [3.8, 4) is 0 Å². The van der Waals surface area contributed by atoms with Crippen LogP contribution in [-0.4, -0.2) is 30.6 Å². The molecule has 0 fully saturated rings. The third-order valence-corrected chi connectivity index (χ3v) is 3.94. The van der Waals surface area contributed by atoms with Gasteiger partial charge in [0.25, 0.3) is 0 Å². The SMILES string of the molecule is CCOC(=O)c1cc(NCCC(C)SC)c(F)cc1N. The highest BCUT2D eigenvalue weighted by molar-refractivity contribution is 7.99. The van der Waals surface area contributed by atoms with E-state index >= 15 is 0 Å². The average molecular weight is 300 g/mol. The number of nitrogens with one attached hydrogen (secondary N) is 1. The number of ether oxygens (including phenoxy) is 1. The normalized spacial score (nSPS) is 12.0. The summed E-state index contributed by atoms with van der Waals surface area (Å²) >= 11 is 1.75. The second kappa shape index (κ2) is 7.99. The quantitative estimate of drug-likeness (QED) is 0.598. The smallest absolute Gasteiger partial charge is 0.340 e. The van der Waals surface area contributed by atoms with Gasteiger partial charge in [0.05, 0.1) is 17.9 Å². The van der Waals surface area contributed by atoms with Crippen LogP contribution in [0.1, 0.15) is 30.6 Å². The van der Waals surface area contributed by atoms with Crippen molar-refractivity contribution in [3.05, 3.63) is 23.5 Å². The number of nitrogen functional groups attached to an aromatic ring is 1. The number of hydrogen-bond acceptors (Lipinski definition) is 5. The molecule has 0 saturated heterocycles. The summed E-state index contributed by atoms with van der Waals surface area (Å²) in [4.78, 5) is 11.7. The van der Waals surface area contributed by atoms with Crippen molar-refractivity contribution in [2.45, 2.75) is 25.5 Å². The average Bonchev–Trinajstić information content (AvgIpc) is 2.41. The Balaban J connectivity index is 2.80. The third kappa shape index (κ3) is 4.59. The van der Waals surface area contributed by atoms with Gasteiger partial charge < -0.3 is 15.8 Å². The van der Waals surface area contributed by atoms with Gasteiger partial charge in [0.2, 0.25) is 0 Å². The zero-order valence-corrected chi connectivity index (χ0v) is 12.8. The van der Waals surface area contributed by atoms with E-state index in [2.05, 4.69) is 12.2 Å². The second-order valence-electron chi connectivity index (χ2n) is 4.40. The van der Waals surface area contributed by atoms with E-state index < -0.39 is 11.8 Å². The Kier molecular flexibility index (Phi) is 6.64. The first-order valence-electron chi connectivity index (χ1n) is 6.52. The highest BCUT2D eigenvalue weighted by Crippen LogP contribution is 2.23. The lowest BCUT2D eigenvalue weighted by molar-refractivity contribution is 0.0527. The Morgan fingerprint density at radius 2 is 2.25 bits per heavy atom. The topological polar surface area (TPSA) is 64.3 Å². The largest absolute Gasteiger partial charge is 0.462 e. The number of anilines is 2. The monoisotopic (exact) mass is 300 g/mol. The van der Waals surface area contributed by atoms with Crippen molar-refractivity contribution >= 4 is 29.1 Å². The molecule has 0 radical (unpaired) electrons. The van der Waals surface area contributed by atoms with E-state index in [4.69, 9.17) is 10.5 Å². The second-order valence-corrected chi connectivity index (χ2v) is 5.68. The van der Waals surface area contributed by atoms with E-state index in [1.807, 2.05) is 6.26 Å². The molecule has 0 spiro atoms. The van der Waals surface area contributed by atoms with Crippen molar-refractivity contribution in [2.75, 3.05) is 30.5 Å². The first-order chi connectivity index (χ1) is 9.49. The van der Waals surface area contributed by atoms with Crippen LogP contribution in [0.5, 0.6) is 0 Å². The van der Waals surface area contributed by atoms with E-state index in [9.17, 15) is 9.18 Å². The predicted octanol–water partition coefficient (Wildman–Crippen LogP) is 3.14. The lowest BCUT2D eigenvalue weighted by Gasteiger charge is -2.13. The van der Waals surface area contributed by atoms with Gasteiger partial charge >= 0.3 is 5.97 Å². The fraction of sp³-hybridized carbons (Fsp3) is 0.500. The van der Waals surface area contributed by atoms with Gasteiger partial charge in [-0.3, -0.25) is 0 Å². The molecule has 20 heavy (non-hydrogen) atoms. The molecule has 0 aliphatic rings. The lowest BCUT2D eigenvalue weighted by atomic mass is 10.1. The van der Waals surface area contributed by atoms with Crippen LogP contribution in [0.2, 0.25) is 0 Å². The number of carbonyl (C=O) groups excluding carboxylic acids is 1. The molecule has 0 aliphatic heterocycles. The molecule has 112 valence electrons. The Morgan fingerprint density at radius 1 is 1.55 bits per heavy atom. The predicted molar refractivity (Wildman–Crippen MR) is 82.9 cm³/mol. The Morgan fingerprint density at radius 3 is 2.85 bits per heavy atom. The van der Waals surface area contributed by atoms with Crippen molar-refractivity contribution in [1.29, 1.82) is 0 Å². The van der Waals surface area contributed by atoms with Crippen LogP contribution < -0.4 is 11.1 Å². The number of esters is 1. The highest BCUT2D eigenvalue weighted by atomic mass is 32.2. The van der Waals surface area contributed by atoms with Crippen molar-refractivity contribution < 1.29 is 13.9 Å². The van der Waals surface area contributed by atoms with Crippen LogP contribution in [0, 0.1) is 5.82 Å². The molecule has 0 saturated carbocycles. The fourth-order valence-corrected chi connectivity index (χ4v) is 1.99. The number of hydrogen-bond donors (Lipinski definition) is 2. The van der Waals surface area contributed by atoms with Crippen LogP contribution in [0.3, 0.4) is 0 Å². The fourth-order valence-electron chi connectivity index (χ4n) is 1.64. The number of rotatable bonds is 7. The van der Waals surface area contributed by atoms with Gasteiger partial charge in [0.1, 0.15) is 5.82 Å². The van der Waals surface area contributed by atoms with Crippen molar-refractivity contribution in [1.82, 2.24) is 0 Å². The number of thioether (sulfide) groups is 1. The Bertz CT molecular complexity index is 469. The van der Waals surface area contributed by atoms with Gasteiger partial charge in [0, 0.05) is 17.5 Å². The molecule has 3 N–H and O–H groups in total. The van der Waals surface area contributed by atoms with Gasteiger partial charge in [-0.25, -0.2) is 9.18 Å². The molecule has 0 amide bonds. The molecule has 1 unspecified atom stereocenters. The summed E-state index contributed by atoms with van der Waals surface area (Å²) in [7, 11) is 0. The summed E-state index contributed by atoms with van der Waals surface area (Å²) in [5.74, 6) is -1.00. The first kappa shape index (κ1) is 16.6. The summed E-state index contributed by atoms with van der Waals surface area (Å²) in [5, 5.41) is 3.48. The van der Waals surface area contributed by atoms with Gasteiger partial charge in [-0.1, -0.05) is 6.92 Å². The standard InChI is InChI=1S/C14H21FN2O2S/c1-4-19-14(18)10-7-13(11(15)8-12(10)16)17-6-5-9(2)20-3/h7-9,17H,4-6,16H2,1-3H3. The van der Waals surface area contributed by atoms with E-state index in [0.717, 1.165) is 12.5 Å². The summed E-state index contributed by atoms with van der Waals surface area (Å²) in [6.07, 6.45) is 2.94. The molecule has 0 heterocycles. The van der Waals surface area contributed by atoms with E-state index in [1.165, 1.54) is 6.07 Å². The Hall–Kier alpha value is -1.43. The van der Waals surface area contributed by atoms with Crippen molar-refractivity contribution in [3.63, 3.8) is 0 Å². The molecule has 0 aromatic heterocycles. The van der Waals surface area contributed by atoms with Crippen LogP contribution in [0.4, 0.5) is 15.8 Å². The molecule has 6 heteroatoms. The molecule has 4 nitrogen and oxygen atoms in total. The summed E-state index contributed by atoms with van der Waals surface area (Å²) in [6, 6.07) is 2.55. The third-order valence-electron chi connectivity index (χ3n) is 2.90. The van der Waals surface area contributed by atoms with E-state index in [-0.39, 0.29) is 23.5 Å². The maximum Gasteiger partial charge on any atom is 0.340 e. The van der Waals surface area contributed by atoms with Crippen LogP contribution >= 0.6 is 11.8 Å². The number of nitrogens with two attached hydrogens (primary N) is 1. The molecule has 1 aromatic rings. The van der Waals surface area contributed by atoms with Crippen molar-refractivity contribution in [2.24, 2.45) is 0 Å². The zero-order valence-electron chi connectivity index (χ0n) is 12.0. The first-order valence-corrected chi connectivity index (χ1v) is 7.81. The minimum Gasteiger partial charge on any atom is -0.462 e. The zero-order chi connectivity index (χ0) is 15.1. The lowest BCUT2D eigenvalue weighted by Crippen LogP contribution is -2.12. The maximum absolute atomic E-state index is 13.8. The number of benzene rings is 1. The molecule has 1 rings (SSSR count). The Labute approximate surface area is 123 Å². The molecule has 1 atom stereocenters. The van der Waals surface area contributed by atoms with Crippen LogP contribution in [0.25, 0.3) is 0 Å². The molecule has 1 aromatic carbocycles. The molecule has 0 bridgehead atoms. The van der Waals surface area contributed by atoms with E-state index in [1.54, 1.807) is 18.7 Å².